The quantitative estimate of drug-likeness (QED) is 0.675. The van der Waals surface area contributed by atoms with E-state index in [9.17, 15) is 4.39 Å². The third kappa shape index (κ3) is 4.13. The van der Waals surface area contributed by atoms with Gasteiger partial charge in [-0.15, -0.1) is 0 Å². The Labute approximate surface area is 143 Å². The summed E-state index contributed by atoms with van der Waals surface area (Å²) in [6.45, 7) is 1.91. The van der Waals surface area contributed by atoms with Gasteiger partial charge in [0.1, 0.15) is 0 Å². The van der Waals surface area contributed by atoms with E-state index in [1.54, 1.807) is 18.3 Å². The molecular formula is C16H20BrFN2OSn. The van der Waals surface area contributed by atoms with Gasteiger partial charge < -0.3 is 0 Å². The number of hydrogen-bond donors (Lipinski definition) is 1. The second-order valence-electron chi connectivity index (χ2n) is 6.28. The fourth-order valence-corrected chi connectivity index (χ4v) is 7.57. The summed E-state index contributed by atoms with van der Waals surface area (Å²) in [5.41, 5.74) is 6.76. The first-order chi connectivity index (χ1) is 10.2. The Morgan fingerprint density at radius 1 is 1.27 bits per heavy atom. The molecule has 1 heterocycles. The molecule has 1 atom stereocenters. The predicted octanol–water partition coefficient (Wildman–Crippen LogP) is 4.25. The van der Waals surface area contributed by atoms with Crippen LogP contribution in [0.5, 0.6) is 5.75 Å². The van der Waals surface area contributed by atoms with Crippen LogP contribution in [0.25, 0.3) is 0 Å². The van der Waals surface area contributed by atoms with Crippen LogP contribution >= 0.6 is 15.9 Å². The summed E-state index contributed by atoms with van der Waals surface area (Å²) in [6, 6.07) is 6.79. The van der Waals surface area contributed by atoms with E-state index in [4.69, 9.17) is 10.5 Å². The summed E-state index contributed by atoms with van der Waals surface area (Å²) in [7, 11) is 0. The van der Waals surface area contributed by atoms with E-state index in [1.165, 1.54) is 9.65 Å². The second-order valence-corrected chi connectivity index (χ2v) is 21.6. The Balaban J connectivity index is 2.39. The van der Waals surface area contributed by atoms with E-state index in [1.807, 2.05) is 13.0 Å². The average Bonchev–Trinajstić information content (AvgIpc) is 2.41. The molecule has 2 N–H and O–H groups in total. The normalized spacial score (nSPS) is 13.0. The van der Waals surface area contributed by atoms with Crippen molar-refractivity contribution < 1.29 is 9.13 Å². The van der Waals surface area contributed by atoms with Crippen molar-refractivity contribution in [3.8, 4) is 5.75 Å². The molecule has 0 saturated heterocycles. The molecular weight excluding hydrogens is 454 g/mol. The molecule has 0 bridgehead atoms. The van der Waals surface area contributed by atoms with Crippen molar-refractivity contribution in [1.29, 1.82) is 0 Å². The third-order valence-corrected chi connectivity index (χ3v) is 9.76. The van der Waals surface area contributed by atoms with Gasteiger partial charge in [0.05, 0.1) is 0 Å². The first-order valence-corrected chi connectivity index (χ1v) is 17.8. The van der Waals surface area contributed by atoms with E-state index in [-0.39, 0.29) is 11.9 Å². The van der Waals surface area contributed by atoms with E-state index in [0.29, 0.717) is 11.6 Å². The summed E-state index contributed by atoms with van der Waals surface area (Å²) in [6.07, 6.45) is 1.33. The molecule has 0 aliphatic heterocycles. The summed E-state index contributed by atoms with van der Waals surface area (Å²) in [5.74, 6) is 0.582. The number of nitrogen functional groups attached to an aromatic ring is 1. The Morgan fingerprint density at radius 2 is 1.95 bits per heavy atom. The number of ether oxygens (including phenoxy) is 1. The van der Waals surface area contributed by atoms with E-state index < -0.39 is 18.4 Å². The van der Waals surface area contributed by atoms with Crippen LogP contribution in [0.15, 0.2) is 34.9 Å². The number of halogens is 2. The van der Waals surface area contributed by atoms with Crippen molar-refractivity contribution in [2.45, 2.75) is 27.8 Å². The molecule has 0 amide bonds. The van der Waals surface area contributed by atoms with Crippen molar-refractivity contribution in [3.05, 3.63) is 46.3 Å². The number of anilines is 1. The van der Waals surface area contributed by atoms with Crippen molar-refractivity contribution in [2.24, 2.45) is 0 Å². The van der Waals surface area contributed by atoms with Gasteiger partial charge >= 0.3 is 143 Å². The van der Waals surface area contributed by atoms with Crippen LogP contribution in [0, 0.1) is 5.82 Å². The summed E-state index contributed by atoms with van der Waals surface area (Å²) < 4.78 is 21.7. The van der Waals surface area contributed by atoms with E-state index in [0.717, 1.165) is 10.0 Å². The average molecular weight is 474 g/mol. The fraction of sp³-hybridized carbons (Fsp3) is 0.312. The minimum atomic E-state index is -2.38. The van der Waals surface area contributed by atoms with Crippen LogP contribution in [0.4, 0.5) is 10.2 Å². The van der Waals surface area contributed by atoms with Crippen LogP contribution in [-0.4, -0.2) is 23.4 Å². The van der Waals surface area contributed by atoms with Crippen LogP contribution in [0.1, 0.15) is 18.6 Å². The molecule has 2 aromatic rings. The Hall–Kier alpha value is -0.821. The van der Waals surface area contributed by atoms with Crippen molar-refractivity contribution in [1.82, 2.24) is 4.98 Å². The van der Waals surface area contributed by atoms with Gasteiger partial charge in [0.25, 0.3) is 0 Å². The molecule has 0 aliphatic rings. The zero-order valence-corrected chi connectivity index (χ0v) is 17.6. The minimum absolute atomic E-state index is 0.245. The third-order valence-electron chi connectivity index (χ3n) is 3.41. The Morgan fingerprint density at radius 3 is 2.59 bits per heavy atom. The number of aromatic nitrogens is 1. The number of pyridine rings is 1. The Bertz CT molecular complexity index is 688. The number of benzene rings is 1. The standard InChI is InChI=1S/C13H11BrFN2O.3CH3.Sn/c1-8(9-3-2-4-11(15)5-9)18-12-6-10(14)7-17-13(12)16;;;;/h2,4-8H,1H3,(H2,16,17);3*1H3;/t8-;;;;/m1..../s1. The number of nitrogens with two attached hydrogens (primary N) is 1. The van der Waals surface area contributed by atoms with Gasteiger partial charge in [0.15, 0.2) is 0 Å². The van der Waals surface area contributed by atoms with Gasteiger partial charge in [-0.25, -0.2) is 0 Å². The number of nitrogens with zero attached hydrogens (tertiary/aromatic N) is 1. The van der Waals surface area contributed by atoms with Gasteiger partial charge in [0, 0.05) is 0 Å². The molecule has 22 heavy (non-hydrogen) atoms. The molecule has 0 radical (unpaired) electrons. The van der Waals surface area contributed by atoms with Crippen LogP contribution in [0.3, 0.4) is 0 Å². The molecule has 0 unspecified atom stereocenters. The molecule has 0 fully saturated rings. The van der Waals surface area contributed by atoms with Crippen LogP contribution in [-0.2, 0) is 0 Å². The molecule has 1 aromatic heterocycles. The molecule has 1 aromatic carbocycles. The summed E-state index contributed by atoms with van der Waals surface area (Å²) in [5, 5.41) is 0. The Kier molecular flexibility index (Phi) is 5.37. The van der Waals surface area contributed by atoms with Crippen LogP contribution in [0.2, 0.25) is 14.8 Å². The maximum atomic E-state index is 13.7. The molecule has 3 nitrogen and oxygen atoms in total. The first kappa shape index (κ1) is 17.5. The van der Waals surface area contributed by atoms with Gasteiger partial charge in [-0.3, -0.25) is 0 Å². The number of hydrogen-bond acceptors (Lipinski definition) is 3. The molecule has 0 spiro atoms. The van der Waals surface area contributed by atoms with E-state index in [2.05, 4.69) is 35.7 Å². The fourth-order valence-electron chi connectivity index (χ4n) is 2.33. The molecule has 0 saturated carbocycles. The maximum absolute atomic E-state index is 13.7. The van der Waals surface area contributed by atoms with Crippen molar-refractivity contribution >= 4 is 43.7 Å². The molecule has 0 aliphatic carbocycles. The summed E-state index contributed by atoms with van der Waals surface area (Å²) >= 11 is 0.977. The van der Waals surface area contributed by atoms with Gasteiger partial charge in [0.2, 0.25) is 0 Å². The number of rotatable bonds is 4. The van der Waals surface area contributed by atoms with Crippen LogP contribution < -0.4 is 14.0 Å². The van der Waals surface area contributed by atoms with Crippen molar-refractivity contribution in [2.75, 3.05) is 5.73 Å². The SMILES string of the molecule is C[C@@H](Oc1cc(Br)cnc1N)c1cc(F)cc[c]1[Sn]([CH3])([CH3])[CH3]. The monoisotopic (exact) mass is 474 g/mol. The summed E-state index contributed by atoms with van der Waals surface area (Å²) in [4.78, 5) is 11.0. The predicted molar refractivity (Wildman–Crippen MR) is 94.8 cm³/mol. The van der Waals surface area contributed by atoms with Gasteiger partial charge in [-0.1, -0.05) is 0 Å². The zero-order valence-electron chi connectivity index (χ0n) is 13.2. The molecule has 2 rings (SSSR count). The topological polar surface area (TPSA) is 48.1 Å². The molecule has 6 heteroatoms. The first-order valence-electron chi connectivity index (χ1n) is 7.06. The second kappa shape index (κ2) is 6.74. The zero-order chi connectivity index (χ0) is 16.5. The van der Waals surface area contributed by atoms with Gasteiger partial charge in [-0.05, 0) is 0 Å². The van der Waals surface area contributed by atoms with E-state index >= 15 is 0 Å². The molecule has 118 valence electrons. The van der Waals surface area contributed by atoms with Crippen molar-refractivity contribution in [3.63, 3.8) is 0 Å². The van der Waals surface area contributed by atoms with Gasteiger partial charge in [-0.2, -0.15) is 0 Å².